The molecule has 0 aliphatic heterocycles. The van der Waals surface area contributed by atoms with Gasteiger partial charge in [0, 0.05) is 37.1 Å². The van der Waals surface area contributed by atoms with E-state index in [0.717, 1.165) is 25.1 Å². The maximum Gasteiger partial charge on any atom is 0.180 e. The maximum atomic E-state index is 5.66. The summed E-state index contributed by atoms with van der Waals surface area (Å²) in [4.78, 5) is 0. The second-order valence-corrected chi connectivity index (χ2v) is 4.82. The first kappa shape index (κ1) is 14.5. The van der Waals surface area contributed by atoms with Crippen LogP contribution in [0.3, 0.4) is 0 Å². The van der Waals surface area contributed by atoms with Gasteiger partial charge in [0.15, 0.2) is 31.9 Å². The summed E-state index contributed by atoms with van der Waals surface area (Å²) < 4.78 is 8.95. The van der Waals surface area contributed by atoms with Crippen LogP contribution in [0.15, 0.2) is 49.1 Å². The normalized spacial score (nSPS) is 10.5. The summed E-state index contributed by atoms with van der Waals surface area (Å²) in [7, 11) is 5.08. The predicted octanol–water partition coefficient (Wildman–Crippen LogP) is 2.24. The molecule has 0 atom stereocenters. The van der Waals surface area contributed by atoms with E-state index in [1.54, 1.807) is 0 Å². The van der Waals surface area contributed by atoms with Crippen molar-refractivity contribution in [3.8, 4) is 5.75 Å². The van der Waals surface area contributed by atoms with Gasteiger partial charge >= 0.3 is 0 Å². The Kier molecular flexibility index (Phi) is 5.54. The number of unbranched alkanes of at least 4 members (excludes halogenated alkanes) is 2. The van der Waals surface area contributed by atoms with Crippen molar-refractivity contribution in [2.24, 2.45) is 0 Å². The standard InChI is InChI=1S/C17H20N2O/c1-16-6-12-18(13-7-16)10-4-3-5-11-19-14-8-17(20-2)9-15-19/h1-2,6-9,12-15H,3-5,10-11H2/q+2. The number of hydrogen-bond acceptors (Lipinski definition) is 1. The maximum absolute atomic E-state index is 5.66. The van der Waals surface area contributed by atoms with Gasteiger partial charge in [0.05, 0.1) is 0 Å². The average Bonchev–Trinajstić information content (AvgIpc) is 2.49. The molecule has 2 heterocycles. The van der Waals surface area contributed by atoms with Gasteiger partial charge in [0.1, 0.15) is 18.8 Å². The van der Waals surface area contributed by atoms with Crippen LogP contribution in [0.4, 0.5) is 0 Å². The Labute approximate surface area is 121 Å². The van der Waals surface area contributed by atoms with E-state index < -0.39 is 0 Å². The minimum absolute atomic E-state index is 0.681. The summed E-state index contributed by atoms with van der Waals surface area (Å²) in [5.41, 5.74) is 0.808. The van der Waals surface area contributed by atoms with Gasteiger partial charge in [-0.25, -0.2) is 9.13 Å². The molecule has 3 nitrogen and oxygen atoms in total. The summed E-state index contributed by atoms with van der Waals surface area (Å²) in [6.07, 6.45) is 11.5. The Morgan fingerprint density at radius 3 is 1.80 bits per heavy atom. The lowest BCUT2D eigenvalue weighted by Gasteiger charge is -1.99. The lowest BCUT2D eigenvalue weighted by Crippen LogP contribution is -2.33. The van der Waals surface area contributed by atoms with Crippen LogP contribution in [0.1, 0.15) is 24.8 Å². The second kappa shape index (κ2) is 7.63. The third kappa shape index (κ3) is 4.65. The number of hydrogen-bond donors (Lipinski definition) is 0. The summed E-state index contributed by atoms with van der Waals surface area (Å²) in [6, 6.07) is 7.59. The number of pyridine rings is 2. The smallest absolute Gasteiger partial charge is 0.180 e. The predicted molar refractivity (Wildman–Crippen MR) is 75.5 cm³/mol. The topological polar surface area (TPSA) is 17.0 Å². The third-order valence-electron chi connectivity index (χ3n) is 3.25. The Hall–Kier alpha value is -1.90. The van der Waals surface area contributed by atoms with Crippen molar-refractivity contribution in [1.82, 2.24) is 0 Å². The molecule has 0 unspecified atom stereocenters. The summed E-state index contributed by atoms with van der Waals surface area (Å²) >= 11 is 0. The van der Waals surface area contributed by atoms with Crippen LogP contribution in [-0.2, 0) is 13.1 Å². The molecular formula is C17H20N2O+2. The van der Waals surface area contributed by atoms with Gasteiger partial charge in [0.2, 0.25) is 0 Å². The highest BCUT2D eigenvalue weighted by molar-refractivity contribution is 5.14. The molecule has 0 N–H and O–H groups in total. The molecule has 102 valence electrons. The molecule has 0 saturated carbocycles. The fourth-order valence-electron chi connectivity index (χ4n) is 2.05. The minimum Gasteiger partial charge on any atom is -0.482 e. The number of nitrogens with zero attached hydrogens (tertiary/aromatic N) is 2. The Bertz CT molecular complexity index is 506. The van der Waals surface area contributed by atoms with Crippen LogP contribution in [0.2, 0.25) is 0 Å². The molecular weight excluding hydrogens is 248 g/mol. The molecule has 3 heteroatoms. The van der Waals surface area contributed by atoms with Crippen molar-refractivity contribution >= 4 is 0 Å². The summed E-state index contributed by atoms with van der Waals surface area (Å²) in [6.45, 7) is 7.70. The van der Waals surface area contributed by atoms with Gasteiger partial charge in [0.25, 0.3) is 0 Å². The number of aromatic nitrogens is 2. The van der Waals surface area contributed by atoms with Gasteiger partial charge in [-0.05, 0) is 18.9 Å². The van der Waals surface area contributed by atoms with Gasteiger partial charge in [-0.1, -0.05) is 0 Å². The van der Waals surface area contributed by atoms with Crippen LogP contribution >= 0.6 is 0 Å². The monoisotopic (exact) mass is 268 g/mol. The fraction of sp³-hybridized carbons (Fsp3) is 0.294. The molecule has 0 spiro atoms. The molecule has 0 bridgehead atoms. The molecule has 4 radical (unpaired) electrons. The molecule has 0 fully saturated rings. The van der Waals surface area contributed by atoms with Gasteiger partial charge in [-0.3, -0.25) is 0 Å². The lowest BCUT2D eigenvalue weighted by atomic mass is 10.2. The first-order valence-corrected chi connectivity index (χ1v) is 6.88. The van der Waals surface area contributed by atoms with Crippen molar-refractivity contribution in [3.05, 3.63) is 68.6 Å². The van der Waals surface area contributed by atoms with Crippen LogP contribution in [-0.4, -0.2) is 0 Å². The van der Waals surface area contributed by atoms with E-state index in [4.69, 9.17) is 14.0 Å². The van der Waals surface area contributed by atoms with Gasteiger partial charge in [-0.15, -0.1) is 0 Å². The van der Waals surface area contributed by atoms with Crippen molar-refractivity contribution in [2.75, 3.05) is 0 Å². The number of aryl methyl sites for hydroxylation is 2. The summed E-state index contributed by atoms with van der Waals surface area (Å²) in [5, 5.41) is 0. The minimum atomic E-state index is 0.681. The molecule has 0 aliphatic rings. The molecule has 2 aromatic rings. The van der Waals surface area contributed by atoms with Crippen LogP contribution in [0, 0.1) is 14.0 Å². The van der Waals surface area contributed by atoms with E-state index in [9.17, 15) is 0 Å². The van der Waals surface area contributed by atoms with Crippen LogP contribution in [0.5, 0.6) is 5.75 Å². The van der Waals surface area contributed by atoms with E-state index in [2.05, 4.69) is 13.9 Å². The van der Waals surface area contributed by atoms with Crippen molar-refractivity contribution < 1.29 is 13.9 Å². The Morgan fingerprint density at radius 1 is 0.800 bits per heavy atom. The average molecular weight is 268 g/mol. The van der Waals surface area contributed by atoms with Crippen molar-refractivity contribution in [2.45, 2.75) is 32.4 Å². The first-order chi connectivity index (χ1) is 9.78. The zero-order chi connectivity index (χ0) is 14.2. The van der Waals surface area contributed by atoms with E-state index in [1.807, 2.05) is 49.1 Å². The third-order valence-corrected chi connectivity index (χ3v) is 3.25. The largest absolute Gasteiger partial charge is 0.482 e. The van der Waals surface area contributed by atoms with E-state index >= 15 is 0 Å². The Morgan fingerprint density at radius 2 is 1.30 bits per heavy atom. The second-order valence-electron chi connectivity index (χ2n) is 4.82. The fourth-order valence-corrected chi connectivity index (χ4v) is 2.05. The highest BCUT2D eigenvalue weighted by Gasteiger charge is 2.03. The SMILES string of the molecule is [CH]Oc1cc[n+](CCCCC[n+]2ccc([CH])cc2)cc1. The van der Waals surface area contributed by atoms with Gasteiger partial charge in [-0.2, -0.15) is 0 Å². The van der Waals surface area contributed by atoms with Crippen LogP contribution in [0.25, 0.3) is 0 Å². The number of ether oxygens (including phenoxy) is 1. The first-order valence-electron chi connectivity index (χ1n) is 6.88. The molecule has 0 aromatic carbocycles. The van der Waals surface area contributed by atoms with Gasteiger partial charge < -0.3 is 4.74 Å². The molecule has 0 amide bonds. The highest BCUT2D eigenvalue weighted by atomic mass is 16.5. The van der Waals surface area contributed by atoms with E-state index in [0.29, 0.717) is 5.75 Å². The van der Waals surface area contributed by atoms with Crippen molar-refractivity contribution in [1.29, 1.82) is 0 Å². The quantitative estimate of drug-likeness (QED) is 0.556. The molecule has 20 heavy (non-hydrogen) atoms. The van der Waals surface area contributed by atoms with Crippen LogP contribution < -0.4 is 13.9 Å². The molecule has 0 saturated heterocycles. The molecule has 2 aromatic heterocycles. The van der Waals surface area contributed by atoms with Crippen molar-refractivity contribution in [3.63, 3.8) is 0 Å². The zero-order valence-corrected chi connectivity index (χ0v) is 11.6. The molecule has 2 rings (SSSR count). The number of rotatable bonds is 7. The highest BCUT2D eigenvalue weighted by Crippen LogP contribution is 2.05. The zero-order valence-electron chi connectivity index (χ0n) is 11.6. The molecule has 0 aliphatic carbocycles. The lowest BCUT2D eigenvalue weighted by molar-refractivity contribution is -0.701. The Balaban J connectivity index is 1.64. The summed E-state index contributed by atoms with van der Waals surface area (Å²) in [5.74, 6) is 0.681. The van der Waals surface area contributed by atoms with E-state index in [-0.39, 0.29) is 0 Å². The van der Waals surface area contributed by atoms with E-state index in [1.165, 1.54) is 12.8 Å².